The molecule has 2 N–H and O–H groups in total. The summed E-state index contributed by atoms with van der Waals surface area (Å²) < 4.78 is 0. The first-order chi connectivity index (χ1) is 9.63. The number of hydrogen-bond acceptors (Lipinski definition) is 4. The van der Waals surface area contributed by atoms with Crippen molar-refractivity contribution in [3.8, 4) is 0 Å². The van der Waals surface area contributed by atoms with E-state index in [0.717, 1.165) is 12.8 Å². The molecular formula is C14H19N3O3. The molecule has 1 aliphatic heterocycles. The number of anilines is 1. The van der Waals surface area contributed by atoms with Crippen LogP contribution < -0.4 is 10.2 Å². The van der Waals surface area contributed by atoms with Crippen molar-refractivity contribution in [2.75, 3.05) is 18.0 Å². The Bertz CT molecular complexity index is 487. The number of hydrogen-bond donors (Lipinski definition) is 2. The minimum Gasteiger partial charge on any atom is -0.480 e. The van der Waals surface area contributed by atoms with Gasteiger partial charge in [0.2, 0.25) is 0 Å². The third kappa shape index (κ3) is 3.07. The largest absolute Gasteiger partial charge is 0.480 e. The van der Waals surface area contributed by atoms with Crippen LogP contribution in [0.15, 0.2) is 18.3 Å². The highest BCUT2D eigenvalue weighted by Gasteiger charge is 2.31. The van der Waals surface area contributed by atoms with Crippen LogP contribution >= 0.6 is 0 Å². The van der Waals surface area contributed by atoms with E-state index in [-0.39, 0.29) is 5.91 Å². The van der Waals surface area contributed by atoms with E-state index in [2.05, 4.69) is 10.3 Å². The predicted octanol–water partition coefficient (Wildman–Crippen LogP) is 1.27. The summed E-state index contributed by atoms with van der Waals surface area (Å²) in [5.74, 6) is -0.363. The number of rotatable bonds is 5. The number of aromatic nitrogens is 1. The fraction of sp³-hybridized carbons (Fsp3) is 0.500. The number of carboxylic acid groups (broad SMARTS) is 1. The number of carbonyl (C=O) groups is 2. The van der Waals surface area contributed by atoms with E-state index in [1.54, 1.807) is 17.0 Å². The number of pyridine rings is 1. The number of nitrogens with zero attached hydrogens (tertiary/aromatic N) is 2. The maximum Gasteiger partial charge on any atom is 0.326 e. The van der Waals surface area contributed by atoms with E-state index >= 15 is 0 Å². The van der Waals surface area contributed by atoms with E-state index in [4.69, 9.17) is 5.11 Å². The predicted molar refractivity (Wildman–Crippen MR) is 74.9 cm³/mol. The molecular weight excluding hydrogens is 258 g/mol. The molecule has 0 aromatic carbocycles. The molecule has 2 rings (SSSR count). The molecule has 2 heterocycles. The zero-order valence-electron chi connectivity index (χ0n) is 11.5. The topological polar surface area (TPSA) is 82.5 Å². The summed E-state index contributed by atoms with van der Waals surface area (Å²) in [7, 11) is 0. The lowest BCUT2D eigenvalue weighted by Crippen LogP contribution is -2.36. The van der Waals surface area contributed by atoms with Crippen molar-refractivity contribution in [1.82, 2.24) is 10.3 Å². The standard InChI is InChI=1S/C14H19N3O3/c1-2-7-15-13(18)10-5-6-12(16-9-10)17-8-3-4-11(17)14(19)20/h5-6,9,11H,2-4,7-8H2,1H3,(H,15,18)(H,19,20)/t11-/m1/s1. The Morgan fingerprint density at radius 2 is 2.30 bits per heavy atom. The number of carboxylic acids is 1. The van der Waals surface area contributed by atoms with Gasteiger partial charge >= 0.3 is 5.97 Å². The molecule has 0 aliphatic carbocycles. The third-order valence-corrected chi connectivity index (χ3v) is 3.38. The Hall–Kier alpha value is -2.11. The van der Waals surface area contributed by atoms with Gasteiger partial charge in [0.15, 0.2) is 0 Å². The van der Waals surface area contributed by atoms with Gasteiger partial charge in [0.05, 0.1) is 5.56 Å². The van der Waals surface area contributed by atoms with Crippen LogP contribution in [0.2, 0.25) is 0 Å². The van der Waals surface area contributed by atoms with E-state index in [0.29, 0.717) is 30.9 Å². The highest BCUT2D eigenvalue weighted by Crippen LogP contribution is 2.23. The first-order valence-corrected chi connectivity index (χ1v) is 6.87. The van der Waals surface area contributed by atoms with Crippen LogP contribution in [0.25, 0.3) is 0 Å². The Morgan fingerprint density at radius 1 is 1.50 bits per heavy atom. The molecule has 6 nitrogen and oxygen atoms in total. The van der Waals surface area contributed by atoms with Crippen molar-refractivity contribution < 1.29 is 14.7 Å². The van der Waals surface area contributed by atoms with Crippen molar-refractivity contribution in [2.45, 2.75) is 32.2 Å². The highest BCUT2D eigenvalue weighted by atomic mass is 16.4. The average molecular weight is 277 g/mol. The molecule has 20 heavy (non-hydrogen) atoms. The van der Waals surface area contributed by atoms with E-state index in [9.17, 15) is 9.59 Å². The Kier molecular flexibility index (Phi) is 4.55. The summed E-state index contributed by atoms with van der Waals surface area (Å²) in [5.41, 5.74) is 0.494. The number of amides is 1. The van der Waals surface area contributed by atoms with Crippen LogP contribution in [-0.2, 0) is 4.79 Å². The van der Waals surface area contributed by atoms with Gasteiger partial charge < -0.3 is 15.3 Å². The molecule has 1 amide bonds. The minimum atomic E-state index is -0.825. The van der Waals surface area contributed by atoms with Gasteiger partial charge in [-0.05, 0) is 31.4 Å². The van der Waals surface area contributed by atoms with Crippen molar-refractivity contribution in [3.05, 3.63) is 23.9 Å². The third-order valence-electron chi connectivity index (χ3n) is 3.38. The Balaban J connectivity index is 2.08. The summed E-state index contributed by atoms with van der Waals surface area (Å²) in [4.78, 5) is 28.9. The average Bonchev–Trinajstić information content (AvgIpc) is 2.94. The lowest BCUT2D eigenvalue weighted by Gasteiger charge is -2.22. The van der Waals surface area contributed by atoms with Gasteiger partial charge in [0, 0.05) is 19.3 Å². The van der Waals surface area contributed by atoms with Crippen LogP contribution in [-0.4, -0.2) is 41.1 Å². The molecule has 1 atom stereocenters. The molecule has 1 aromatic heterocycles. The van der Waals surface area contributed by atoms with Gasteiger partial charge in [-0.25, -0.2) is 9.78 Å². The maximum atomic E-state index is 11.7. The molecule has 108 valence electrons. The quantitative estimate of drug-likeness (QED) is 0.847. The fourth-order valence-electron chi connectivity index (χ4n) is 2.33. The van der Waals surface area contributed by atoms with E-state index < -0.39 is 12.0 Å². The van der Waals surface area contributed by atoms with Crippen LogP contribution in [0.3, 0.4) is 0 Å². The normalized spacial score (nSPS) is 18.1. The number of nitrogens with one attached hydrogen (secondary N) is 1. The molecule has 0 bridgehead atoms. The summed E-state index contributed by atoms with van der Waals surface area (Å²) in [5, 5.41) is 11.9. The van der Waals surface area contributed by atoms with Crippen LogP contribution in [0.4, 0.5) is 5.82 Å². The molecule has 0 unspecified atom stereocenters. The monoisotopic (exact) mass is 277 g/mol. The van der Waals surface area contributed by atoms with Crippen molar-refractivity contribution in [3.63, 3.8) is 0 Å². The molecule has 6 heteroatoms. The summed E-state index contributed by atoms with van der Waals surface area (Å²) in [6, 6.07) is 2.88. The molecule has 0 radical (unpaired) electrons. The van der Waals surface area contributed by atoms with Gasteiger partial charge in [-0.1, -0.05) is 6.92 Å². The number of carbonyl (C=O) groups excluding carboxylic acids is 1. The molecule has 0 saturated carbocycles. The first kappa shape index (κ1) is 14.3. The van der Waals surface area contributed by atoms with E-state index in [1.165, 1.54) is 6.20 Å². The molecule has 0 spiro atoms. The SMILES string of the molecule is CCCNC(=O)c1ccc(N2CCC[C@@H]2C(=O)O)nc1. The van der Waals surface area contributed by atoms with Gasteiger partial charge in [-0.15, -0.1) is 0 Å². The zero-order valence-corrected chi connectivity index (χ0v) is 11.5. The van der Waals surface area contributed by atoms with Gasteiger partial charge in [-0.3, -0.25) is 4.79 Å². The molecule has 1 aromatic rings. The smallest absolute Gasteiger partial charge is 0.326 e. The summed E-state index contributed by atoms with van der Waals surface area (Å²) in [6.45, 7) is 3.31. The molecule has 1 saturated heterocycles. The minimum absolute atomic E-state index is 0.151. The van der Waals surface area contributed by atoms with Crippen molar-refractivity contribution >= 4 is 17.7 Å². The number of aliphatic carboxylic acids is 1. The van der Waals surface area contributed by atoms with Gasteiger partial charge in [-0.2, -0.15) is 0 Å². The lowest BCUT2D eigenvalue weighted by atomic mass is 10.2. The molecule has 1 aliphatic rings. The first-order valence-electron chi connectivity index (χ1n) is 6.87. The second kappa shape index (κ2) is 6.36. The van der Waals surface area contributed by atoms with Gasteiger partial charge in [0.1, 0.15) is 11.9 Å². The summed E-state index contributed by atoms with van der Waals surface area (Å²) >= 11 is 0. The fourth-order valence-corrected chi connectivity index (χ4v) is 2.33. The lowest BCUT2D eigenvalue weighted by molar-refractivity contribution is -0.138. The second-order valence-electron chi connectivity index (χ2n) is 4.85. The van der Waals surface area contributed by atoms with Crippen LogP contribution in [0.1, 0.15) is 36.5 Å². The van der Waals surface area contributed by atoms with Gasteiger partial charge in [0.25, 0.3) is 5.91 Å². The zero-order chi connectivity index (χ0) is 14.5. The van der Waals surface area contributed by atoms with E-state index in [1.807, 2.05) is 6.92 Å². The highest BCUT2D eigenvalue weighted by molar-refractivity contribution is 5.94. The molecule has 1 fully saturated rings. The van der Waals surface area contributed by atoms with Crippen LogP contribution in [0, 0.1) is 0 Å². The Labute approximate surface area is 117 Å². The Morgan fingerprint density at radius 3 is 2.90 bits per heavy atom. The maximum absolute atomic E-state index is 11.7. The van der Waals surface area contributed by atoms with Crippen LogP contribution in [0.5, 0.6) is 0 Å². The second-order valence-corrected chi connectivity index (χ2v) is 4.85. The van der Waals surface area contributed by atoms with Crippen molar-refractivity contribution in [1.29, 1.82) is 0 Å². The summed E-state index contributed by atoms with van der Waals surface area (Å²) in [6.07, 6.45) is 3.86. The van der Waals surface area contributed by atoms with Crippen molar-refractivity contribution in [2.24, 2.45) is 0 Å².